The van der Waals surface area contributed by atoms with Crippen molar-refractivity contribution in [2.45, 2.75) is 16.8 Å². The van der Waals surface area contributed by atoms with Crippen LogP contribution >= 0.6 is 35.0 Å². The zero-order valence-electron chi connectivity index (χ0n) is 10.5. The molecule has 0 unspecified atom stereocenters. The summed E-state index contributed by atoms with van der Waals surface area (Å²) in [7, 11) is 0. The number of nitrogens with two attached hydrogens (primary N) is 1. The molecule has 7 heteroatoms. The summed E-state index contributed by atoms with van der Waals surface area (Å²) in [4.78, 5) is 0.745. The smallest absolute Gasteiger partial charge is 0.399 e. The Morgan fingerprint density at radius 2 is 1.71 bits per heavy atom. The average molecular weight is 352 g/mol. The lowest BCUT2D eigenvalue weighted by Crippen LogP contribution is -2.09. The molecule has 0 aromatic heterocycles. The zero-order chi connectivity index (χ0) is 15.6. The Kier molecular flexibility index (Phi) is 4.96. The van der Waals surface area contributed by atoms with Crippen LogP contribution in [0.1, 0.15) is 11.1 Å². The van der Waals surface area contributed by atoms with Crippen LogP contribution in [0.15, 0.2) is 41.3 Å². The summed E-state index contributed by atoms with van der Waals surface area (Å²) >= 11 is 12.9. The highest BCUT2D eigenvalue weighted by atomic mass is 35.5. The first-order chi connectivity index (χ1) is 9.77. The number of rotatable bonds is 3. The number of hydrogen-bond acceptors (Lipinski definition) is 2. The van der Waals surface area contributed by atoms with Crippen molar-refractivity contribution >= 4 is 40.7 Å². The molecule has 0 aliphatic carbocycles. The Morgan fingerprint density at radius 3 is 2.33 bits per heavy atom. The van der Waals surface area contributed by atoms with Gasteiger partial charge in [0.15, 0.2) is 0 Å². The highest BCUT2D eigenvalue weighted by Gasteiger charge is 2.33. The minimum atomic E-state index is -4.43. The SMILES string of the molecule is Nc1ccc(CSc2ccc(Cl)c(Cl)c2)c(C(F)(F)F)c1. The molecule has 0 fully saturated rings. The third-order valence-electron chi connectivity index (χ3n) is 2.72. The van der Waals surface area contributed by atoms with E-state index in [1.165, 1.54) is 23.9 Å². The highest BCUT2D eigenvalue weighted by molar-refractivity contribution is 7.98. The Labute approximate surface area is 134 Å². The van der Waals surface area contributed by atoms with E-state index in [4.69, 9.17) is 28.9 Å². The van der Waals surface area contributed by atoms with E-state index in [0.29, 0.717) is 10.0 Å². The van der Waals surface area contributed by atoms with Crippen LogP contribution in [-0.4, -0.2) is 0 Å². The van der Waals surface area contributed by atoms with E-state index in [9.17, 15) is 13.2 Å². The van der Waals surface area contributed by atoms with Gasteiger partial charge in [0.1, 0.15) is 0 Å². The molecular formula is C14H10Cl2F3NS. The molecule has 21 heavy (non-hydrogen) atoms. The van der Waals surface area contributed by atoms with Gasteiger partial charge in [0.05, 0.1) is 15.6 Å². The van der Waals surface area contributed by atoms with Crippen LogP contribution in [0.4, 0.5) is 18.9 Å². The summed E-state index contributed by atoms with van der Waals surface area (Å²) in [6, 6.07) is 8.75. The molecule has 2 aromatic rings. The summed E-state index contributed by atoms with van der Waals surface area (Å²) in [5, 5.41) is 0.777. The molecule has 2 aromatic carbocycles. The molecule has 0 bridgehead atoms. The second-order valence-corrected chi connectivity index (χ2v) is 6.14. The summed E-state index contributed by atoms with van der Waals surface area (Å²) in [5.74, 6) is 0.160. The quantitative estimate of drug-likeness (QED) is 0.551. The molecule has 0 spiro atoms. The van der Waals surface area contributed by atoms with Crippen LogP contribution in [0.25, 0.3) is 0 Å². The Balaban J connectivity index is 2.22. The van der Waals surface area contributed by atoms with Crippen LogP contribution in [0.2, 0.25) is 10.0 Å². The van der Waals surface area contributed by atoms with Gasteiger partial charge < -0.3 is 5.73 Å². The van der Waals surface area contributed by atoms with Gasteiger partial charge in [0, 0.05) is 16.3 Å². The first-order valence-electron chi connectivity index (χ1n) is 5.81. The lowest BCUT2D eigenvalue weighted by molar-refractivity contribution is -0.138. The standard InChI is InChI=1S/C14H10Cl2F3NS/c15-12-4-3-10(6-13(12)16)21-7-8-1-2-9(20)5-11(8)14(17,18)19/h1-6H,7,20H2. The number of anilines is 1. The maximum Gasteiger partial charge on any atom is 0.416 e. The van der Waals surface area contributed by atoms with Crippen molar-refractivity contribution in [3.05, 3.63) is 57.6 Å². The van der Waals surface area contributed by atoms with Gasteiger partial charge in [-0.3, -0.25) is 0 Å². The van der Waals surface area contributed by atoms with Crippen LogP contribution in [0.5, 0.6) is 0 Å². The van der Waals surface area contributed by atoms with Crippen molar-refractivity contribution in [3.8, 4) is 0 Å². The van der Waals surface area contributed by atoms with Crippen molar-refractivity contribution in [1.82, 2.24) is 0 Å². The molecular weight excluding hydrogens is 342 g/mol. The van der Waals surface area contributed by atoms with Crippen molar-refractivity contribution in [2.24, 2.45) is 0 Å². The van der Waals surface area contributed by atoms with E-state index in [0.717, 1.165) is 11.0 Å². The van der Waals surface area contributed by atoms with Crippen LogP contribution in [-0.2, 0) is 11.9 Å². The third-order valence-corrected chi connectivity index (χ3v) is 4.51. The molecule has 112 valence electrons. The predicted octanol–water partition coefficient (Wildman–Crippen LogP) is 5.89. The van der Waals surface area contributed by atoms with Crippen molar-refractivity contribution in [2.75, 3.05) is 5.73 Å². The van der Waals surface area contributed by atoms with Crippen LogP contribution < -0.4 is 5.73 Å². The maximum absolute atomic E-state index is 13.0. The Morgan fingerprint density at radius 1 is 1.00 bits per heavy atom. The van der Waals surface area contributed by atoms with Gasteiger partial charge in [0.25, 0.3) is 0 Å². The highest BCUT2D eigenvalue weighted by Crippen LogP contribution is 2.36. The molecule has 0 aliphatic heterocycles. The second-order valence-electron chi connectivity index (χ2n) is 4.28. The number of nitrogen functional groups attached to an aromatic ring is 1. The van der Waals surface area contributed by atoms with Crippen molar-refractivity contribution < 1.29 is 13.2 Å². The Hall–Kier alpha value is -1.04. The number of halogens is 5. The first-order valence-corrected chi connectivity index (χ1v) is 7.55. The lowest BCUT2D eigenvalue weighted by Gasteiger charge is -2.13. The normalized spacial score (nSPS) is 11.7. The van der Waals surface area contributed by atoms with Gasteiger partial charge in [-0.15, -0.1) is 11.8 Å². The molecule has 0 aliphatic rings. The number of hydrogen-bond donors (Lipinski definition) is 1. The van der Waals surface area contributed by atoms with Crippen molar-refractivity contribution in [3.63, 3.8) is 0 Å². The molecule has 0 amide bonds. The van der Waals surface area contributed by atoms with Crippen LogP contribution in [0.3, 0.4) is 0 Å². The minimum absolute atomic E-state index is 0.0885. The number of thioether (sulfide) groups is 1. The van der Waals surface area contributed by atoms with E-state index in [-0.39, 0.29) is 17.0 Å². The average Bonchev–Trinajstić information content (AvgIpc) is 2.40. The molecule has 1 nitrogen and oxygen atoms in total. The molecule has 2 N–H and O–H groups in total. The first kappa shape index (κ1) is 16.3. The van der Waals surface area contributed by atoms with E-state index < -0.39 is 11.7 Å². The predicted molar refractivity (Wildman–Crippen MR) is 81.9 cm³/mol. The summed E-state index contributed by atoms with van der Waals surface area (Å²) < 4.78 is 38.9. The topological polar surface area (TPSA) is 26.0 Å². The maximum atomic E-state index is 13.0. The van der Waals surface area contributed by atoms with Gasteiger partial charge in [0.2, 0.25) is 0 Å². The fourth-order valence-electron chi connectivity index (χ4n) is 1.71. The van der Waals surface area contributed by atoms with Gasteiger partial charge >= 0.3 is 6.18 Å². The van der Waals surface area contributed by atoms with Gasteiger partial charge in [-0.2, -0.15) is 13.2 Å². The van der Waals surface area contributed by atoms with Gasteiger partial charge in [-0.1, -0.05) is 29.3 Å². The fraction of sp³-hybridized carbons (Fsp3) is 0.143. The summed E-state index contributed by atoms with van der Waals surface area (Å²) in [5.41, 5.74) is 4.98. The second kappa shape index (κ2) is 6.38. The van der Waals surface area contributed by atoms with E-state index in [1.54, 1.807) is 18.2 Å². The monoisotopic (exact) mass is 351 g/mol. The van der Waals surface area contributed by atoms with E-state index in [2.05, 4.69) is 0 Å². The largest absolute Gasteiger partial charge is 0.416 e. The Bertz CT molecular complexity index is 659. The zero-order valence-corrected chi connectivity index (χ0v) is 12.9. The number of alkyl halides is 3. The summed E-state index contributed by atoms with van der Waals surface area (Å²) in [6.45, 7) is 0. The molecule has 0 radical (unpaired) electrons. The molecule has 2 rings (SSSR count). The van der Waals surface area contributed by atoms with Crippen molar-refractivity contribution in [1.29, 1.82) is 0 Å². The van der Waals surface area contributed by atoms with E-state index >= 15 is 0 Å². The summed E-state index contributed by atoms with van der Waals surface area (Å²) in [6.07, 6.45) is -4.43. The molecule has 0 saturated carbocycles. The molecule has 0 atom stereocenters. The lowest BCUT2D eigenvalue weighted by atomic mass is 10.1. The van der Waals surface area contributed by atoms with Gasteiger partial charge in [-0.05, 0) is 35.9 Å². The minimum Gasteiger partial charge on any atom is -0.399 e. The number of benzene rings is 2. The fourth-order valence-corrected chi connectivity index (χ4v) is 3.01. The third kappa shape index (κ3) is 4.22. The van der Waals surface area contributed by atoms with Crippen LogP contribution in [0, 0.1) is 0 Å². The molecule has 0 heterocycles. The molecule has 0 saturated heterocycles. The van der Waals surface area contributed by atoms with Gasteiger partial charge in [-0.25, -0.2) is 0 Å². The van der Waals surface area contributed by atoms with E-state index in [1.807, 2.05) is 0 Å².